The van der Waals surface area contributed by atoms with Crippen LogP contribution in [-0.4, -0.2) is 35.8 Å². The Morgan fingerprint density at radius 1 is 1.43 bits per heavy atom. The number of nitrogens with zero attached hydrogens (tertiary/aromatic N) is 2. The number of ether oxygens (including phenoxy) is 2. The van der Waals surface area contributed by atoms with Crippen LogP contribution in [0.2, 0.25) is 0 Å². The van der Waals surface area contributed by atoms with Crippen molar-refractivity contribution in [3.8, 4) is 0 Å². The van der Waals surface area contributed by atoms with Gasteiger partial charge in [0.05, 0.1) is 18.1 Å². The van der Waals surface area contributed by atoms with E-state index in [0.29, 0.717) is 13.2 Å². The summed E-state index contributed by atoms with van der Waals surface area (Å²) in [7, 11) is 0. The van der Waals surface area contributed by atoms with Gasteiger partial charge in [-0.15, -0.1) is 11.3 Å². The van der Waals surface area contributed by atoms with Gasteiger partial charge in [0.15, 0.2) is 5.82 Å². The Labute approximate surface area is 128 Å². The third kappa shape index (κ3) is 3.70. The van der Waals surface area contributed by atoms with Crippen molar-refractivity contribution in [2.24, 2.45) is 0 Å². The molecule has 1 atom stereocenters. The molecule has 3 rings (SSSR count). The van der Waals surface area contributed by atoms with Crippen LogP contribution in [-0.2, 0) is 16.1 Å². The van der Waals surface area contributed by atoms with Crippen molar-refractivity contribution in [2.45, 2.75) is 38.9 Å². The highest BCUT2D eigenvalue weighted by atomic mass is 32.1. The highest BCUT2D eigenvalue weighted by molar-refractivity contribution is 7.16. The summed E-state index contributed by atoms with van der Waals surface area (Å²) in [6, 6.07) is 2.05. The molecule has 0 aromatic carbocycles. The molecule has 21 heavy (non-hydrogen) atoms. The first-order chi connectivity index (χ1) is 10.4. The maximum absolute atomic E-state index is 5.74. The number of rotatable bonds is 6. The lowest BCUT2D eigenvalue weighted by Crippen LogP contribution is -2.24. The van der Waals surface area contributed by atoms with Gasteiger partial charge in [0.2, 0.25) is 0 Å². The number of thiophene rings is 1. The fourth-order valence-electron chi connectivity index (χ4n) is 2.49. The molecule has 1 saturated heterocycles. The van der Waals surface area contributed by atoms with Crippen molar-refractivity contribution >= 4 is 27.4 Å². The summed E-state index contributed by atoms with van der Waals surface area (Å²) in [6.07, 6.45) is 3.72. The SMILES string of the molecule is CCNc1nc(COCC2CCCCO2)nc2sccc12. The predicted octanol–water partition coefficient (Wildman–Crippen LogP) is 3.21. The van der Waals surface area contributed by atoms with Gasteiger partial charge in [-0.1, -0.05) is 0 Å². The lowest BCUT2D eigenvalue weighted by Gasteiger charge is -2.22. The molecule has 1 N–H and O–H groups in total. The minimum atomic E-state index is 0.234. The Bertz CT molecular complexity index is 581. The zero-order chi connectivity index (χ0) is 14.5. The van der Waals surface area contributed by atoms with Crippen LogP contribution in [0.15, 0.2) is 11.4 Å². The number of hydrogen-bond acceptors (Lipinski definition) is 6. The molecule has 114 valence electrons. The molecule has 2 aromatic heterocycles. The van der Waals surface area contributed by atoms with Gasteiger partial charge in [-0.3, -0.25) is 0 Å². The average Bonchev–Trinajstić information content (AvgIpc) is 2.97. The quantitative estimate of drug-likeness (QED) is 0.888. The summed E-state index contributed by atoms with van der Waals surface area (Å²) < 4.78 is 11.4. The Balaban J connectivity index is 1.63. The molecule has 2 aromatic rings. The van der Waals surface area contributed by atoms with Gasteiger partial charge in [-0.2, -0.15) is 0 Å². The number of anilines is 1. The monoisotopic (exact) mass is 307 g/mol. The zero-order valence-electron chi connectivity index (χ0n) is 12.3. The van der Waals surface area contributed by atoms with Crippen LogP contribution < -0.4 is 5.32 Å². The van der Waals surface area contributed by atoms with Crippen molar-refractivity contribution in [1.82, 2.24) is 9.97 Å². The normalized spacial score (nSPS) is 19.0. The molecule has 6 heteroatoms. The first-order valence-electron chi connectivity index (χ1n) is 7.54. The number of fused-ring (bicyclic) bond motifs is 1. The van der Waals surface area contributed by atoms with E-state index in [-0.39, 0.29) is 6.10 Å². The highest BCUT2D eigenvalue weighted by Gasteiger charge is 2.14. The van der Waals surface area contributed by atoms with E-state index in [1.54, 1.807) is 11.3 Å². The molecule has 0 aliphatic carbocycles. The maximum atomic E-state index is 5.74. The fourth-order valence-corrected chi connectivity index (χ4v) is 3.27. The molecule has 0 saturated carbocycles. The second kappa shape index (κ2) is 7.15. The topological polar surface area (TPSA) is 56.3 Å². The smallest absolute Gasteiger partial charge is 0.158 e. The van der Waals surface area contributed by atoms with Gasteiger partial charge < -0.3 is 14.8 Å². The van der Waals surface area contributed by atoms with Gasteiger partial charge in [0.1, 0.15) is 17.3 Å². The Morgan fingerprint density at radius 2 is 2.38 bits per heavy atom. The Hall–Kier alpha value is -1.24. The zero-order valence-corrected chi connectivity index (χ0v) is 13.1. The van der Waals surface area contributed by atoms with E-state index in [1.165, 1.54) is 12.8 Å². The van der Waals surface area contributed by atoms with Crippen LogP contribution in [0.4, 0.5) is 5.82 Å². The van der Waals surface area contributed by atoms with Gasteiger partial charge in [-0.25, -0.2) is 9.97 Å². The third-order valence-corrected chi connectivity index (χ3v) is 4.33. The van der Waals surface area contributed by atoms with Crippen LogP contribution in [0.25, 0.3) is 10.2 Å². The van der Waals surface area contributed by atoms with Crippen molar-refractivity contribution in [1.29, 1.82) is 0 Å². The standard InChI is InChI=1S/C15H21N3O2S/c1-2-16-14-12-6-8-21-15(12)18-13(17-14)10-19-9-11-5-3-4-7-20-11/h6,8,11H,2-5,7,9-10H2,1H3,(H,16,17,18). The van der Waals surface area contributed by atoms with Crippen molar-refractivity contribution < 1.29 is 9.47 Å². The van der Waals surface area contributed by atoms with Crippen molar-refractivity contribution in [3.05, 3.63) is 17.3 Å². The maximum Gasteiger partial charge on any atom is 0.158 e. The minimum absolute atomic E-state index is 0.234. The van der Waals surface area contributed by atoms with E-state index < -0.39 is 0 Å². The second-order valence-electron chi connectivity index (χ2n) is 5.16. The number of aromatic nitrogens is 2. The van der Waals surface area contributed by atoms with Gasteiger partial charge in [0, 0.05) is 13.2 Å². The van der Waals surface area contributed by atoms with Crippen LogP contribution in [0.1, 0.15) is 32.0 Å². The summed E-state index contributed by atoms with van der Waals surface area (Å²) in [5, 5.41) is 6.42. The molecule has 5 nitrogen and oxygen atoms in total. The highest BCUT2D eigenvalue weighted by Crippen LogP contribution is 2.25. The summed E-state index contributed by atoms with van der Waals surface area (Å²) in [6.45, 7) is 4.83. The van der Waals surface area contributed by atoms with Gasteiger partial charge in [-0.05, 0) is 37.6 Å². The number of hydrogen-bond donors (Lipinski definition) is 1. The molecule has 0 amide bonds. The lowest BCUT2D eigenvalue weighted by molar-refractivity contribution is -0.0457. The predicted molar refractivity (Wildman–Crippen MR) is 84.8 cm³/mol. The Kier molecular flexibility index (Phi) is 5.00. The molecule has 1 aliphatic rings. The fraction of sp³-hybridized carbons (Fsp3) is 0.600. The molecule has 1 aliphatic heterocycles. The third-order valence-electron chi connectivity index (χ3n) is 3.52. The van der Waals surface area contributed by atoms with E-state index in [4.69, 9.17) is 9.47 Å². The van der Waals surface area contributed by atoms with E-state index in [0.717, 1.165) is 41.4 Å². The first kappa shape index (κ1) is 14.7. The molecule has 1 unspecified atom stereocenters. The van der Waals surface area contributed by atoms with Crippen molar-refractivity contribution in [3.63, 3.8) is 0 Å². The molecule has 3 heterocycles. The van der Waals surface area contributed by atoms with Gasteiger partial charge >= 0.3 is 0 Å². The van der Waals surface area contributed by atoms with Gasteiger partial charge in [0.25, 0.3) is 0 Å². The van der Waals surface area contributed by atoms with Crippen LogP contribution in [0.3, 0.4) is 0 Å². The second-order valence-corrected chi connectivity index (χ2v) is 6.06. The van der Waals surface area contributed by atoms with Crippen molar-refractivity contribution in [2.75, 3.05) is 25.1 Å². The van der Waals surface area contributed by atoms with Crippen LogP contribution in [0.5, 0.6) is 0 Å². The molecule has 0 radical (unpaired) electrons. The molecule has 1 fully saturated rings. The van der Waals surface area contributed by atoms with E-state index in [9.17, 15) is 0 Å². The summed E-state index contributed by atoms with van der Waals surface area (Å²) in [4.78, 5) is 10.1. The molecule has 0 spiro atoms. The summed E-state index contributed by atoms with van der Waals surface area (Å²) in [5.74, 6) is 1.63. The molecular weight excluding hydrogens is 286 g/mol. The van der Waals surface area contributed by atoms with E-state index >= 15 is 0 Å². The minimum Gasteiger partial charge on any atom is -0.376 e. The molecule has 0 bridgehead atoms. The largest absolute Gasteiger partial charge is 0.376 e. The van der Waals surface area contributed by atoms with Crippen LogP contribution >= 0.6 is 11.3 Å². The average molecular weight is 307 g/mol. The molecular formula is C15H21N3O2S. The number of nitrogens with one attached hydrogen (secondary N) is 1. The summed E-state index contributed by atoms with van der Waals surface area (Å²) >= 11 is 1.63. The van der Waals surface area contributed by atoms with Crippen LogP contribution in [0, 0.1) is 0 Å². The first-order valence-corrected chi connectivity index (χ1v) is 8.42. The summed E-state index contributed by atoms with van der Waals surface area (Å²) in [5.41, 5.74) is 0. The van der Waals surface area contributed by atoms with E-state index in [1.807, 2.05) is 5.38 Å². The van der Waals surface area contributed by atoms with E-state index in [2.05, 4.69) is 28.3 Å². The Morgan fingerprint density at radius 3 is 3.19 bits per heavy atom. The lowest BCUT2D eigenvalue weighted by atomic mass is 10.1.